The molecule has 0 aliphatic rings. The standard InChI is InChI=1S/C31H26N4O5S2/c1-21-10-11-23-6-5-9-27(30(23)33-21)22-12-14-24(15-13-22)31(36)34-42(39,40)26-16-17-28(29(20-26)35(37)38)32-18-19-41-25-7-3-2-4-8-25/h2-17,20,32H,18-19H2,1H3,(H,34,36). The molecule has 0 bridgehead atoms. The number of benzene rings is 4. The summed E-state index contributed by atoms with van der Waals surface area (Å²) < 4.78 is 28.0. The van der Waals surface area contributed by atoms with Crippen molar-refractivity contribution in [2.75, 3.05) is 17.6 Å². The first-order chi connectivity index (χ1) is 20.2. The zero-order chi connectivity index (χ0) is 29.7. The fourth-order valence-corrected chi connectivity index (χ4v) is 6.15. The van der Waals surface area contributed by atoms with Crippen LogP contribution >= 0.6 is 11.8 Å². The fourth-order valence-electron chi connectivity index (χ4n) is 4.37. The van der Waals surface area contributed by atoms with E-state index in [1.165, 1.54) is 24.3 Å². The van der Waals surface area contributed by atoms with E-state index in [2.05, 4.69) is 10.3 Å². The molecule has 0 atom stereocenters. The Kier molecular flexibility index (Phi) is 8.51. The molecule has 9 nitrogen and oxygen atoms in total. The van der Waals surface area contributed by atoms with Crippen LogP contribution in [0, 0.1) is 17.0 Å². The molecule has 1 aromatic heterocycles. The molecule has 4 aromatic carbocycles. The van der Waals surface area contributed by atoms with Gasteiger partial charge in [0.25, 0.3) is 21.6 Å². The summed E-state index contributed by atoms with van der Waals surface area (Å²) >= 11 is 1.59. The molecule has 0 unspecified atom stereocenters. The van der Waals surface area contributed by atoms with Crippen LogP contribution in [-0.4, -0.2) is 36.5 Å². The van der Waals surface area contributed by atoms with E-state index in [-0.39, 0.29) is 16.1 Å². The number of nitrogens with zero attached hydrogens (tertiary/aromatic N) is 2. The number of nitro groups is 1. The van der Waals surface area contributed by atoms with Gasteiger partial charge in [-0.1, -0.05) is 54.6 Å². The predicted molar refractivity (Wildman–Crippen MR) is 165 cm³/mol. The number of hydrogen-bond donors (Lipinski definition) is 2. The molecule has 1 amide bonds. The maximum atomic E-state index is 13.0. The summed E-state index contributed by atoms with van der Waals surface area (Å²) in [4.78, 5) is 29.2. The Morgan fingerprint density at radius 3 is 2.43 bits per heavy atom. The molecule has 0 saturated heterocycles. The van der Waals surface area contributed by atoms with Gasteiger partial charge >= 0.3 is 0 Å². The lowest BCUT2D eigenvalue weighted by Gasteiger charge is -2.11. The zero-order valence-corrected chi connectivity index (χ0v) is 24.1. The summed E-state index contributed by atoms with van der Waals surface area (Å²) in [6.07, 6.45) is 0. The summed E-state index contributed by atoms with van der Waals surface area (Å²) in [5, 5.41) is 15.7. The van der Waals surface area contributed by atoms with Crippen LogP contribution in [0.1, 0.15) is 16.1 Å². The van der Waals surface area contributed by atoms with Crippen molar-refractivity contribution in [2.45, 2.75) is 16.7 Å². The number of anilines is 1. The number of amides is 1. The van der Waals surface area contributed by atoms with Crippen molar-refractivity contribution < 1.29 is 18.1 Å². The molecule has 1 heterocycles. The Morgan fingerprint density at radius 1 is 0.929 bits per heavy atom. The Morgan fingerprint density at radius 2 is 1.69 bits per heavy atom. The summed E-state index contributed by atoms with van der Waals surface area (Å²) in [5.41, 5.74) is 3.31. The molecule has 11 heteroatoms. The first-order valence-corrected chi connectivity index (χ1v) is 15.4. The van der Waals surface area contributed by atoms with Crippen molar-refractivity contribution >= 4 is 50.0 Å². The predicted octanol–water partition coefficient (Wildman–Crippen LogP) is 6.44. The second kappa shape index (κ2) is 12.4. The molecular formula is C31H26N4O5S2. The SMILES string of the molecule is Cc1ccc2cccc(-c3ccc(C(=O)NS(=O)(=O)c4ccc(NCCSc5ccccc5)c([N+](=O)[O-])c4)cc3)c2n1. The summed E-state index contributed by atoms with van der Waals surface area (Å²) in [7, 11) is -4.38. The monoisotopic (exact) mass is 598 g/mol. The van der Waals surface area contributed by atoms with Crippen LogP contribution in [0.5, 0.6) is 0 Å². The first-order valence-electron chi connectivity index (χ1n) is 13.0. The van der Waals surface area contributed by atoms with Crippen LogP contribution < -0.4 is 10.0 Å². The molecule has 2 N–H and O–H groups in total. The van der Waals surface area contributed by atoms with E-state index in [0.29, 0.717) is 12.3 Å². The van der Waals surface area contributed by atoms with Crippen molar-refractivity contribution in [3.8, 4) is 11.1 Å². The Balaban J connectivity index is 1.28. The maximum absolute atomic E-state index is 13.0. The van der Waals surface area contributed by atoms with Gasteiger partial charge in [-0.3, -0.25) is 19.9 Å². The number of carbonyl (C=O) groups is 1. The van der Waals surface area contributed by atoms with Gasteiger partial charge in [0.2, 0.25) is 0 Å². The number of fused-ring (bicyclic) bond motifs is 1. The molecule has 0 spiro atoms. The number of nitro benzene ring substituents is 1. The number of aromatic nitrogens is 1. The van der Waals surface area contributed by atoms with Crippen molar-refractivity contribution in [1.29, 1.82) is 0 Å². The minimum atomic E-state index is -4.38. The smallest absolute Gasteiger partial charge is 0.293 e. The van der Waals surface area contributed by atoms with E-state index < -0.39 is 26.5 Å². The molecule has 212 valence electrons. The minimum absolute atomic E-state index is 0.121. The van der Waals surface area contributed by atoms with Gasteiger partial charge in [-0.25, -0.2) is 13.1 Å². The third kappa shape index (κ3) is 6.59. The van der Waals surface area contributed by atoms with E-state index in [1.54, 1.807) is 23.9 Å². The van der Waals surface area contributed by atoms with Crippen molar-refractivity contribution in [1.82, 2.24) is 9.71 Å². The number of hydrogen-bond acceptors (Lipinski definition) is 8. The third-order valence-corrected chi connectivity index (χ3v) is 8.79. The highest BCUT2D eigenvalue weighted by Gasteiger charge is 2.24. The first kappa shape index (κ1) is 28.8. The molecular weight excluding hydrogens is 572 g/mol. The van der Waals surface area contributed by atoms with Gasteiger partial charge in [0.15, 0.2) is 0 Å². The number of carbonyl (C=O) groups excluding carboxylic acids is 1. The summed E-state index contributed by atoms with van der Waals surface area (Å²) in [5.74, 6) is -0.205. The molecule has 0 radical (unpaired) electrons. The fraction of sp³-hybridized carbons (Fsp3) is 0.0968. The molecule has 5 aromatic rings. The Bertz CT molecular complexity index is 1880. The Hall–Kier alpha value is -4.74. The highest BCUT2D eigenvalue weighted by molar-refractivity contribution is 7.99. The maximum Gasteiger partial charge on any atom is 0.293 e. The van der Waals surface area contributed by atoms with E-state index in [4.69, 9.17) is 0 Å². The van der Waals surface area contributed by atoms with E-state index in [0.717, 1.165) is 38.7 Å². The molecule has 42 heavy (non-hydrogen) atoms. The van der Waals surface area contributed by atoms with Gasteiger partial charge in [0.1, 0.15) is 5.69 Å². The number of thioether (sulfide) groups is 1. The highest BCUT2D eigenvalue weighted by Crippen LogP contribution is 2.29. The Labute approximate surface area is 247 Å². The normalized spacial score (nSPS) is 11.3. The quantitative estimate of drug-likeness (QED) is 0.0813. The number of para-hydroxylation sites is 1. The number of nitrogens with one attached hydrogen (secondary N) is 2. The van der Waals surface area contributed by atoms with Crippen LogP contribution in [0.3, 0.4) is 0 Å². The number of sulfonamides is 1. The molecule has 0 saturated carbocycles. The second-order valence-electron chi connectivity index (χ2n) is 9.37. The minimum Gasteiger partial charge on any atom is -0.379 e. The van der Waals surface area contributed by atoms with Gasteiger partial charge in [-0.15, -0.1) is 11.8 Å². The lowest BCUT2D eigenvalue weighted by molar-refractivity contribution is -0.384. The average molecular weight is 599 g/mol. The average Bonchev–Trinajstić information content (AvgIpc) is 2.99. The second-order valence-corrected chi connectivity index (χ2v) is 12.2. The number of rotatable bonds is 10. The van der Waals surface area contributed by atoms with E-state index in [1.807, 2.05) is 72.3 Å². The third-order valence-electron chi connectivity index (χ3n) is 6.45. The van der Waals surface area contributed by atoms with Crippen LogP contribution in [0.4, 0.5) is 11.4 Å². The van der Waals surface area contributed by atoms with E-state index in [9.17, 15) is 23.3 Å². The topological polar surface area (TPSA) is 131 Å². The van der Waals surface area contributed by atoms with Gasteiger partial charge in [0.05, 0.1) is 15.3 Å². The zero-order valence-electron chi connectivity index (χ0n) is 22.5. The van der Waals surface area contributed by atoms with Gasteiger partial charge in [-0.05, 0) is 55.0 Å². The number of aryl methyl sites for hydroxylation is 1. The summed E-state index contributed by atoms with van der Waals surface area (Å²) in [6, 6.07) is 29.5. The largest absolute Gasteiger partial charge is 0.379 e. The molecule has 5 rings (SSSR count). The van der Waals surface area contributed by atoms with Gasteiger partial charge in [-0.2, -0.15) is 0 Å². The number of pyridine rings is 1. The van der Waals surface area contributed by atoms with Gasteiger partial charge < -0.3 is 5.32 Å². The summed E-state index contributed by atoms with van der Waals surface area (Å²) in [6.45, 7) is 2.34. The van der Waals surface area contributed by atoms with Crippen molar-refractivity contribution in [3.05, 3.63) is 124 Å². The van der Waals surface area contributed by atoms with E-state index >= 15 is 0 Å². The lowest BCUT2D eigenvalue weighted by Crippen LogP contribution is -2.30. The van der Waals surface area contributed by atoms with Crippen LogP contribution in [0.25, 0.3) is 22.0 Å². The van der Waals surface area contributed by atoms with Crippen LogP contribution in [0.15, 0.2) is 113 Å². The molecule has 0 aliphatic carbocycles. The van der Waals surface area contributed by atoms with Crippen molar-refractivity contribution in [2.24, 2.45) is 0 Å². The lowest BCUT2D eigenvalue weighted by atomic mass is 10.0. The van der Waals surface area contributed by atoms with Crippen LogP contribution in [-0.2, 0) is 10.0 Å². The molecule has 0 fully saturated rings. The van der Waals surface area contributed by atoms with Gasteiger partial charge in [0, 0.05) is 45.5 Å². The van der Waals surface area contributed by atoms with Crippen molar-refractivity contribution in [3.63, 3.8) is 0 Å². The van der Waals surface area contributed by atoms with Crippen LogP contribution in [0.2, 0.25) is 0 Å². The molecule has 0 aliphatic heterocycles. The highest BCUT2D eigenvalue weighted by atomic mass is 32.2.